The number of aromatic amines is 1. The van der Waals surface area contributed by atoms with Gasteiger partial charge in [0.05, 0.1) is 19.8 Å². The van der Waals surface area contributed by atoms with Crippen LogP contribution in [0, 0.1) is 26.7 Å². The number of nitrogens with zero attached hydrogens (tertiary/aromatic N) is 1. The molecule has 2 aliphatic heterocycles. The second kappa shape index (κ2) is 12.5. The Balaban J connectivity index is 1.40. The topological polar surface area (TPSA) is 80.9 Å². The SMILES string of the molecule is CCC1=C[C@H]2CN(C(=O)OCc3ccccc3)[C@@H]1[C@@](C(=O)OC)(c1[nH]c3ccccc3c1CCOc1c(C)cc(C)cc1C)C2. The number of benzene rings is 3. The zero-order chi connectivity index (χ0) is 31.7. The molecule has 2 bridgehead atoms. The molecule has 3 aliphatic rings. The van der Waals surface area contributed by atoms with Crippen LogP contribution in [-0.2, 0) is 32.7 Å². The van der Waals surface area contributed by atoms with Gasteiger partial charge in [-0.3, -0.25) is 9.69 Å². The van der Waals surface area contributed by atoms with Crippen LogP contribution in [0.4, 0.5) is 4.79 Å². The molecule has 1 aromatic heterocycles. The summed E-state index contributed by atoms with van der Waals surface area (Å²) < 4.78 is 17.9. The molecule has 3 heterocycles. The largest absolute Gasteiger partial charge is 0.493 e. The summed E-state index contributed by atoms with van der Waals surface area (Å²) >= 11 is 0. The maximum Gasteiger partial charge on any atom is 0.410 e. The first kappa shape index (κ1) is 30.5. The lowest BCUT2D eigenvalue weighted by molar-refractivity contribution is -0.153. The quantitative estimate of drug-likeness (QED) is 0.158. The number of rotatable bonds is 9. The summed E-state index contributed by atoms with van der Waals surface area (Å²) in [4.78, 5) is 33.5. The molecule has 234 valence electrons. The van der Waals surface area contributed by atoms with E-state index in [0.29, 0.717) is 32.4 Å². The molecular formula is C38H42N2O5. The molecule has 45 heavy (non-hydrogen) atoms. The van der Waals surface area contributed by atoms with Crippen molar-refractivity contribution in [1.29, 1.82) is 0 Å². The number of aryl methyl sites for hydroxylation is 3. The number of hydrogen-bond acceptors (Lipinski definition) is 5. The smallest absolute Gasteiger partial charge is 0.410 e. The fraction of sp³-hybridized carbons (Fsp3) is 0.368. The molecule has 4 aromatic rings. The lowest BCUT2D eigenvalue weighted by Gasteiger charge is -2.54. The number of ether oxygens (including phenoxy) is 3. The molecule has 7 heteroatoms. The van der Waals surface area contributed by atoms with Crippen LogP contribution in [0.5, 0.6) is 5.75 Å². The molecule has 3 aromatic carbocycles. The van der Waals surface area contributed by atoms with Crippen molar-refractivity contribution in [2.24, 2.45) is 5.92 Å². The maximum atomic E-state index is 14.3. The van der Waals surface area contributed by atoms with Gasteiger partial charge >= 0.3 is 12.1 Å². The van der Waals surface area contributed by atoms with Crippen LogP contribution in [0.15, 0.2) is 78.4 Å². The van der Waals surface area contributed by atoms with Crippen molar-refractivity contribution in [3.05, 3.63) is 112 Å². The van der Waals surface area contributed by atoms with Gasteiger partial charge in [0, 0.05) is 29.6 Å². The minimum absolute atomic E-state index is 0.0262. The van der Waals surface area contributed by atoms with E-state index in [1.54, 1.807) is 4.90 Å². The fourth-order valence-electron chi connectivity index (χ4n) is 7.74. The van der Waals surface area contributed by atoms with Gasteiger partial charge in [0.25, 0.3) is 0 Å². The number of nitrogens with one attached hydrogen (secondary N) is 1. The molecule has 1 saturated heterocycles. The third kappa shape index (κ3) is 5.49. The van der Waals surface area contributed by atoms with Crippen LogP contribution in [0.3, 0.4) is 0 Å². The average molecular weight is 607 g/mol. The molecule has 7 rings (SSSR count). The number of fused-ring (bicyclic) bond motifs is 3. The summed E-state index contributed by atoms with van der Waals surface area (Å²) in [6, 6.07) is 21.5. The Morgan fingerprint density at radius 3 is 2.42 bits per heavy atom. The Morgan fingerprint density at radius 2 is 1.71 bits per heavy atom. The van der Waals surface area contributed by atoms with Crippen LogP contribution in [0.2, 0.25) is 0 Å². The summed E-state index contributed by atoms with van der Waals surface area (Å²) in [6.45, 7) is 9.40. The van der Waals surface area contributed by atoms with Crippen molar-refractivity contribution in [3.8, 4) is 5.75 Å². The van der Waals surface area contributed by atoms with E-state index < -0.39 is 17.6 Å². The molecule has 1 fully saturated rings. The van der Waals surface area contributed by atoms with Crippen molar-refractivity contribution in [2.45, 2.75) is 65.0 Å². The molecule has 1 N–H and O–H groups in total. The number of hydrogen-bond donors (Lipinski definition) is 1. The standard InChI is InChI=1S/C38H42N2O5/c1-6-29-20-28-21-38(36(41)43-5,35(29)40(22-28)37(42)45-23-27-12-8-7-9-13-27)34-31(30-14-10-11-15-32(30)39-34)16-17-44-33-25(3)18-24(2)19-26(33)4/h7-15,18-20,28,35,39H,6,16-17,21-23H2,1-5H3/t28-,35+,38+/m1/s1. The highest BCUT2D eigenvalue weighted by Crippen LogP contribution is 2.52. The number of piperidine rings is 1. The second-order valence-electron chi connectivity index (χ2n) is 12.5. The van der Waals surface area contributed by atoms with E-state index >= 15 is 0 Å². The Labute approximate surface area is 265 Å². The number of esters is 1. The van der Waals surface area contributed by atoms with E-state index in [-0.39, 0.29) is 18.5 Å². The van der Waals surface area contributed by atoms with Gasteiger partial charge in [-0.1, -0.05) is 84.8 Å². The number of carbonyl (C=O) groups excluding carboxylic acids is 2. The average Bonchev–Trinajstić information content (AvgIpc) is 3.43. The number of aromatic nitrogens is 1. The number of carbonyl (C=O) groups is 2. The predicted molar refractivity (Wildman–Crippen MR) is 175 cm³/mol. The van der Waals surface area contributed by atoms with E-state index in [9.17, 15) is 9.59 Å². The summed E-state index contributed by atoms with van der Waals surface area (Å²) in [5.41, 5.74) is 6.99. The van der Waals surface area contributed by atoms with E-state index in [1.807, 2.05) is 48.5 Å². The van der Waals surface area contributed by atoms with Gasteiger partial charge < -0.3 is 19.2 Å². The van der Waals surface area contributed by atoms with Gasteiger partial charge in [0.15, 0.2) is 0 Å². The number of H-pyrrole nitrogens is 1. The first-order chi connectivity index (χ1) is 21.8. The molecule has 0 saturated carbocycles. The lowest BCUT2D eigenvalue weighted by Crippen LogP contribution is -2.66. The Hall–Kier alpha value is -4.52. The summed E-state index contributed by atoms with van der Waals surface area (Å²) in [7, 11) is 1.44. The molecule has 7 nitrogen and oxygen atoms in total. The third-order valence-corrected chi connectivity index (χ3v) is 9.46. The van der Waals surface area contributed by atoms with Gasteiger partial charge in [0.2, 0.25) is 0 Å². The summed E-state index contributed by atoms with van der Waals surface area (Å²) in [6.07, 6.45) is 3.64. The van der Waals surface area contributed by atoms with E-state index in [4.69, 9.17) is 14.2 Å². The van der Waals surface area contributed by atoms with Crippen molar-refractivity contribution in [3.63, 3.8) is 0 Å². The van der Waals surface area contributed by atoms with Crippen LogP contribution >= 0.6 is 0 Å². The van der Waals surface area contributed by atoms with Crippen LogP contribution in [0.1, 0.15) is 53.3 Å². The molecule has 0 spiro atoms. The second-order valence-corrected chi connectivity index (χ2v) is 12.5. The van der Waals surface area contributed by atoms with Gasteiger partial charge in [-0.25, -0.2) is 4.79 Å². The molecule has 1 amide bonds. The van der Waals surface area contributed by atoms with Crippen molar-refractivity contribution in [2.75, 3.05) is 20.3 Å². The zero-order valence-electron chi connectivity index (χ0n) is 26.8. The van der Waals surface area contributed by atoms with Crippen molar-refractivity contribution < 1.29 is 23.8 Å². The maximum absolute atomic E-state index is 14.3. The Kier molecular flexibility index (Phi) is 8.45. The summed E-state index contributed by atoms with van der Waals surface area (Å²) in [5.74, 6) is 0.516. The minimum atomic E-state index is -1.13. The Morgan fingerprint density at radius 1 is 1.00 bits per heavy atom. The van der Waals surface area contributed by atoms with Gasteiger partial charge in [-0.05, 0) is 67.9 Å². The number of para-hydroxylation sites is 1. The van der Waals surface area contributed by atoms with Crippen LogP contribution in [-0.4, -0.2) is 48.2 Å². The van der Waals surface area contributed by atoms with E-state index in [0.717, 1.165) is 50.2 Å². The zero-order valence-corrected chi connectivity index (χ0v) is 26.8. The predicted octanol–water partition coefficient (Wildman–Crippen LogP) is 7.50. The van der Waals surface area contributed by atoms with Crippen molar-refractivity contribution in [1.82, 2.24) is 9.88 Å². The van der Waals surface area contributed by atoms with Gasteiger partial charge in [-0.15, -0.1) is 0 Å². The van der Waals surface area contributed by atoms with Gasteiger partial charge in [0.1, 0.15) is 17.8 Å². The molecular weight excluding hydrogens is 564 g/mol. The monoisotopic (exact) mass is 606 g/mol. The lowest BCUT2D eigenvalue weighted by atomic mass is 9.60. The van der Waals surface area contributed by atoms with Crippen molar-refractivity contribution >= 4 is 23.0 Å². The third-order valence-electron chi connectivity index (χ3n) is 9.46. The highest BCUT2D eigenvalue weighted by Gasteiger charge is 2.61. The fourth-order valence-corrected chi connectivity index (χ4v) is 7.74. The Bertz CT molecular complexity index is 1730. The molecule has 1 aliphatic carbocycles. The highest BCUT2D eigenvalue weighted by molar-refractivity contribution is 5.92. The van der Waals surface area contributed by atoms with Gasteiger partial charge in [-0.2, -0.15) is 0 Å². The minimum Gasteiger partial charge on any atom is -0.493 e. The molecule has 3 atom stereocenters. The molecule has 0 unspecified atom stereocenters. The number of methoxy groups -OCH3 is 1. The highest BCUT2D eigenvalue weighted by atomic mass is 16.6. The summed E-state index contributed by atoms with van der Waals surface area (Å²) in [5, 5.41) is 1.04. The van der Waals surface area contributed by atoms with E-state index in [2.05, 4.69) is 57.0 Å². The number of amides is 1. The first-order valence-electron chi connectivity index (χ1n) is 15.8. The first-order valence-corrected chi connectivity index (χ1v) is 15.8. The van der Waals surface area contributed by atoms with Crippen LogP contribution in [0.25, 0.3) is 10.9 Å². The van der Waals surface area contributed by atoms with E-state index in [1.165, 1.54) is 12.7 Å². The normalized spacial score (nSPS) is 20.6. The van der Waals surface area contributed by atoms with Crippen LogP contribution < -0.4 is 4.74 Å². The molecule has 0 radical (unpaired) electrons.